The van der Waals surface area contributed by atoms with E-state index in [0.717, 1.165) is 10.1 Å². The Balaban J connectivity index is 2.23. The summed E-state index contributed by atoms with van der Waals surface area (Å²) in [7, 11) is 2.91. The normalized spacial score (nSPS) is 16.2. The van der Waals surface area contributed by atoms with Crippen LogP contribution < -0.4 is 21.3 Å². The lowest BCUT2D eigenvalue weighted by molar-refractivity contribution is -0.123. The maximum atomic E-state index is 13.0. The zero-order valence-electron chi connectivity index (χ0n) is 16.1. The van der Waals surface area contributed by atoms with Gasteiger partial charge in [0.1, 0.15) is 5.76 Å². The van der Waals surface area contributed by atoms with Crippen LogP contribution in [0.3, 0.4) is 0 Å². The smallest absolute Gasteiger partial charge is 0.333 e. The topological polar surface area (TPSA) is 82.3 Å². The van der Waals surface area contributed by atoms with E-state index in [1.54, 1.807) is 6.08 Å². The lowest BCUT2D eigenvalue weighted by atomic mass is 9.94. The molecule has 0 aliphatic carbocycles. The van der Waals surface area contributed by atoms with E-state index in [1.807, 2.05) is 51.1 Å². The summed E-state index contributed by atoms with van der Waals surface area (Å²) < 4.78 is 8.15. The SMILES string of the molecule is Cn1c2c(c(=O)n(C)c1=O)C(C(=O)NC(C)(C)C)C=C(c1ccccc1)O2. The molecule has 2 heterocycles. The molecule has 1 unspecified atom stereocenters. The van der Waals surface area contributed by atoms with Crippen LogP contribution in [0.15, 0.2) is 46.0 Å². The molecule has 7 nitrogen and oxygen atoms in total. The van der Waals surface area contributed by atoms with Crippen molar-refractivity contribution < 1.29 is 9.53 Å². The molecule has 1 N–H and O–H groups in total. The van der Waals surface area contributed by atoms with Crippen molar-refractivity contribution in [3.8, 4) is 5.88 Å². The molecule has 1 aliphatic rings. The summed E-state index contributed by atoms with van der Waals surface area (Å²) in [5.74, 6) is -0.663. The van der Waals surface area contributed by atoms with Crippen LogP contribution in [0.2, 0.25) is 0 Å². The number of rotatable bonds is 2. The number of carbonyl (C=O) groups excluding carboxylic acids is 1. The monoisotopic (exact) mass is 369 g/mol. The van der Waals surface area contributed by atoms with E-state index >= 15 is 0 Å². The largest absolute Gasteiger partial charge is 0.440 e. The van der Waals surface area contributed by atoms with Gasteiger partial charge >= 0.3 is 5.69 Å². The molecule has 0 bridgehead atoms. The molecular weight excluding hydrogens is 346 g/mol. The molecule has 3 rings (SSSR count). The number of hydrogen-bond acceptors (Lipinski definition) is 4. The standard InChI is InChI=1S/C20H23N3O4/c1-20(2,3)21-16(24)13-11-14(12-9-7-6-8-10-12)27-18-15(13)17(25)22(4)19(26)23(18)5/h6-11,13H,1-5H3,(H,21,24). The molecule has 2 aromatic rings. The Labute approximate surface area is 156 Å². The van der Waals surface area contributed by atoms with E-state index in [4.69, 9.17) is 4.74 Å². The highest BCUT2D eigenvalue weighted by atomic mass is 16.5. The third-order valence-corrected chi connectivity index (χ3v) is 4.32. The third-order valence-electron chi connectivity index (χ3n) is 4.32. The van der Waals surface area contributed by atoms with Crippen molar-refractivity contribution in [1.29, 1.82) is 0 Å². The van der Waals surface area contributed by atoms with Crippen molar-refractivity contribution in [2.75, 3.05) is 0 Å². The van der Waals surface area contributed by atoms with Crippen molar-refractivity contribution in [3.05, 3.63) is 68.4 Å². The fourth-order valence-electron chi connectivity index (χ4n) is 3.03. The maximum absolute atomic E-state index is 13.0. The van der Waals surface area contributed by atoms with Gasteiger partial charge in [0.25, 0.3) is 5.56 Å². The lowest BCUT2D eigenvalue weighted by Gasteiger charge is -2.28. The number of fused-ring (bicyclic) bond motifs is 1. The second kappa shape index (κ2) is 6.57. The zero-order chi connectivity index (χ0) is 19.9. The second-order valence-electron chi connectivity index (χ2n) is 7.64. The first-order valence-electron chi connectivity index (χ1n) is 8.67. The first-order chi connectivity index (χ1) is 12.6. The molecule has 1 aromatic carbocycles. The number of nitrogens with zero attached hydrogens (tertiary/aromatic N) is 2. The molecule has 1 amide bonds. The number of ether oxygens (including phenoxy) is 1. The van der Waals surface area contributed by atoms with Crippen molar-refractivity contribution in [3.63, 3.8) is 0 Å². The van der Waals surface area contributed by atoms with E-state index in [1.165, 1.54) is 18.7 Å². The van der Waals surface area contributed by atoms with Gasteiger partial charge in [0.2, 0.25) is 11.8 Å². The van der Waals surface area contributed by atoms with Crippen LogP contribution in [0.25, 0.3) is 5.76 Å². The molecular formula is C20H23N3O4. The molecule has 0 radical (unpaired) electrons. The first-order valence-corrected chi connectivity index (χ1v) is 8.67. The van der Waals surface area contributed by atoms with E-state index in [-0.39, 0.29) is 17.4 Å². The summed E-state index contributed by atoms with van der Waals surface area (Å²) in [5, 5.41) is 2.91. The highest BCUT2D eigenvalue weighted by molar-refractivity contribution is 5.89. The molecule has 1 aliphatic heterocycles. The number of nitrogens with one attached hydrogen (secondary N) is 1. The van der Waals surface area contributed by atoms with Gasteiger partial charge in [-0.25, -0.2) is 4.79 Å². The molecule has 142 valence electrons. The van der Waals surface area contributed by atoms with Crippen molar-refractivity contribution in [1.82, 2.24) is 14.5 Å². The summed E-state index contributed by atoms with van der Waals surface area (Å²) >= 11 is 0. The molecule has 0 fully saturated rings. The lowest BCUT2D eigenvalue weighted by Crippen LogP contribution is -2.47. The molecule has 1 atom stereocenters. The first kappa shape index (κ1) is 18.7. The number of carbonyl (C=O) groups is 1. The minimum atomic E-state index is -0.867. The highest BCUT2D eigenvalue weighted by Gasteiger charge is 2.35. The van der Waals surface area contributed by atoms with Crippen molar-refractivity contribution in [2.45, 2.75) is 32.2 Å². The highest BCUT2D eigenvalue weighted by Crippen LogP contribution is 2.34. The van der Waals surface area contributed by atoms with Crippen molar-refractivity contribution in [2.24, 2.45) is 14.1 Å². The van der Waals surface area contributed by atoms with Gasteiger partial charge < -0.3 is 10.1 Å². The number of aromatic nitrogens is 2. The molecule has 1 aromatic heterocycles. The van der Waals surface area contributed by atoms with Crippen LogP contribution in [0, 0.1) is 0 Å². The Bertz CT molecular complexity index is 1040. The predicted octanol–water partition coefficient (Wildman–Crippen LogP) is 1.52. The third kappa shape index (κ3) is 3.45. The molecule has 0 saturated heterocycles. The average molecular weight is 369 g/mol. The predicted molar refractivity (Wildman–Crippen MR) is 103 cm³/mol. The quantitative estimate of drug-likeness (QED) is 0.870. The summed E-state index contributed by atoms with van der Waals surface area (Å²) in [6.07, 6.45) is 1.63. The minimum Gasteiger partial charge on any atom is -0.440 e. The summed E-state index contributed by atoms with van der Waals surface area (Å²) in [5.41, 5.74) is -0.609. The van der Waals surface area contributed by atoms with E-state index in [2.05, 4.69) is 5.32 Å². The molecule has 27 heavy (non-hydrogen) atoms. The van der Waals surface area contributed by atoms with Gasteiger partial charge in [-0.1, -0.05) is 30.3 Å². The van der Waals surface area contributed by atoms with Crippen LogP contribution >= 0.6 is 0 Å². The second-order valence-corrected chi connectivity index (χ2v) is 7.64. The van der Waals surface area contributed by atoms with Crippen LogP contribution in [0.4, 0.5) is 0 Å². The summed E-state index contributed by atoms with van der Waals surface area (Å²) in [6.45, 7) is 5.60. The fourth-order valence-corrected chi connectivity index (χ4v) is 3.03. The molecule has 7 heteroatoms. The summed E-state index contributed by atoms with van der Waals surface area (Å²) in [4.78, 5) is 38.1. The maximum Gasteiger partial charge on any atom is 0.333 e. The van der Waals surface area contributed by atoms with Crippen LogP contribution in [-0.4, -0.2) is 20.6 Å². The van der Waals surface area contributed by atoms with E-state index < -0.39 is 22.7 Å². The Kier molecular flexibility index (Phi) is 4.55. The van der Waals surface area contributed by atoms with E-state index in [9.17, 15) is 14.4 Å². The van der Waals surface area contributed by atoms with Gasteiger partial charge in [-0.15, -0.1) is 0 Å². The Morgan fingerprint density at radius 1 is 1.07 bits per heavy atom. The van der Waals surface area contributed by atoms with Gasteiger partial charge in [-0.2, -0.15) is 0 Å². The van der Waals surface area contributed by atoms with Gasteiger partial charge in [-0.3, -0.25) is 18.7 Å². The molecule has 0 saturated carbocycles. The van der Waals surface area contributed by atoms with Crippen molar-refractivity contribution >= 4 is 11.7 Å². The van der Waals surface area contributed by atoms with Gasteiger partial charge in [0, 0.05) is 25.2 Å². The Hall–Kier alpha value is -3.09. The van der Waals surface area contributed by atoms with Crippen LogP contribution in [-0.2, 0) is 18.9 Å². The number of amides is 1. The van der Waals surface area contributed by atoms with Gasteiger partial charge in [-0.05, 0) is 26.8 Å². The van der Waals surface area contributed by atoms with Crippen LogP contribution in [0.1, 0.15) is 37.8 Å². The Morgan fingerprint density at radius 2 is 1.70 bits per heavy atom. The van der Waals surface area contributed by atoms with Crippen LogP contribution in [0.5, 0.6) is 5.88 Å². The minimum absolute atomic E-state index is 0.0958. The summed E-state index contributed by atoms with van der Waals surface area (Å²) in [6, 6.07) is 9.25. The number of hydrogen-bond donors (Lipinski definition) is 1. The number of benzene rings is 1. The average Bonchev–Trinajstić information content (AvgIpc) is 2.63. The van der Waals surface area contributed by atoms with Gasteiger partial charge in [0.05, 0.1) is 11.5 Å². The van der Waals surface area contributed by atoms with Gasteiger partial charge in [0.15, 0.2) is 0 Å². The Morgan fingerprint density at radius 3 is 2.30 bits per heavy atom. The fraction of sp³-hybridized carbons (Fsp3) is 0.350. The van der Waals surface area contributed by atoms with E-state index in [0.29, 0.717) is 5.76 Å². The zero-order valence-corrected chi connectivity index (χ0v) is 16.1. The molecule has 0 spiro atoms.